The number of carboxylic acid groups (broad SMARTS) is 1. The van der Waals surface area contributed by atoms with Crippen molar-refractivity contribution in [1.82, 2.24) is 4.57 Å². The number of carbonyl (C=O) groups excluding carboxylic acids is 1. The minimum Gasteiger partial charge on any atom is -0.477 e. The largest absolute Gasteiger partial charge is 0.477 e. The Morgan fingerprint density at radius 2 is 1.81 bits per heavy atom. The van der Waals surface area contributed by atoms with Crippen molar-refractivity contribution in [1.29, 1.82) is 5.26 Å². The number of aromatic nitrogens is 1. The molecule has 8 heteroatoms. The predicted molar refractivity (Wildman–Crippen MR) is 146 cm³/mol. The minimum absolute atomic E-state index is 0.145. The van der Waals surface area contributed by atoms with Gasteiger partial charge in [-0.15, -0.1) is 0 Å². The highest BCUT2D eigenvalue weighted by molar-refractivity contribution is 6.02. The van der Waals surface area contributed by atoms with E-state index in [0.717, 1.165) is 25.1 Å². The molecule has 192 valence electrons. The van der Waals surface area contributed by atoms with Gasteiger partial charge in [-0.25, -0.2) is 9.59 Å². The molecule has 0 atom stereocenters. The monoisotopic (exact) mass is 499 g/mol. The average Bonchev–Trinajstić information content (AvgIpc) is 3.39. The summed E-state index contributed by atoms with van der Waals surface area (Å²) < 4.78 is 1.60. The summed E-state index contributed by atoms with van der Waals surface area (Å²) in [5.41, 5.74) is 3.40. The second-order valence-electron chi connectivity index (χ2n) is 9.88. The molecule has 3 aromatic rings. The zero-order valence-corrected chi connectivity index (χ0v) is 21.3. The van der Waals surface area contributed by atoms with Gasteiger partial charge in [0, 0.05) is 30.2 Å². The highest BCUT2D eigenvalue weighted by Crippen LogP contribution is 2.35. The second-order valence-corrected chi connectivity index (χ2v) is 9.88. The maximum absolute atomic E-state index is 13.1. The molecule has 0 bridgehead atoms. The molecular weight excluding hydrogens is 466 g/mol. The van der Waals surface area contributed by atoms with Gasteiger partial charge in [0.15, 0.2) is 0 Å². The van der Waals surface area contributed by atoms with Crippen molar-refractivity contribution in [2.75, 3.05) is 22.1 Å². The van der Waals surface area contributed by atoms with Gasteiger partial charge in [0.1, 0.15) is 5.69 Å². The molecule has 0 saturated heterocycles. The van der Waals surface area contributed by atoms with Crippen molar-refractivity contribution in [2.45, 2.75) is 52.0 Å². The highest BCUT2D eigenvalue weighted by Gasteiger charge is 2.25. The van der Waals surface area contributed by atoms with Crippen LogP contribution in [0.2, 0.25) is 0 Å². The molecule has 37 heavy (non-hydrogen) atoms. The molecule has 0 spiro atoms. The van der Waals surface area contributed by atoms with Crippen LogP contribution in [0.5, 0.6) is 0 Å². The summed E-state index contributed by atoms with van der Waals surface area (Å²) in [5.74, 6) is -0.601. The van der Waals surface area contributed by atoms with E-state index >= 15 is 0 Å². The van der Waals surface area contributed by atoms with Crippen LogP contribution in [0.25, 0.3) is 5.69 Å². The lowest BCUT2D eigenvalue weighted by atomic mass is 9.93. The molecule has 2 amide bonds. The third kappa shape index (κ3) is 6.31. The lowest BCUT2D eigenvalue weighted by Crippen LogP contribution is -2.40. The summed E-state index contributed by atoms with van der Waals surface area (Å²) in [6, 6.07) is 17.6. The Morgan fingerprint density at radius 1 is 1.08 bits per heavy atom. The number of rotatable bonds is 8. The van der Waals surface area contributed by atoms with Crippen LogP contribution in [0, 0.1) is 17.2 Å². The first-order valence-electron chi connectivity index (χ1n) is 12.8. The van der Waals surface area contributed by atoms with Crippen LogP contribution in [0.1, 0.15) is 62.0 Å². The Labute approximate surface area is 217 Å². The molecule has 8 nitrogen and oxygen atoms in total. The van der Waals surface area contributed by atoms with Crippen molar-refractivity contribution in [3.8, 4) is 11.8 Å². The number of hydrogen-bond acceptors (Lipinski definition) is 4. The molecule has 1 aliphatic rings. The van der Waals surface area contributed by atoms with Gasteiger partial charge in [0.05, 0.1) is 23.0 Å². The number of anilines is 3. The normalized spacial score (nSPS) is 13.7. The van der Waals surface area contributed by atoms with Gasteiger partial charge in [-0.2, -0.15) is 5.26 Å². The Kier molecular flexibility index (Phi) is 8.14. The fourth-order valence-corrected chi connectivity index (χ4v) is 4.95. The highest BCUT2D eigenvalue weighted by atomic mass is 16.4. The van der Waals surface area contributed by atoms with Crippen LogP contribution in [0.4, 0.5) is 21.9 Å². The van der Waals surface area contributed by atoms with E-state index in [2.05, 4.69) is 35.5 Å². The molecule has 1 fully saturated rings. The number of nitrogens with one attached hydrogen (secondary N) is 2. The van der Waals surface area contributed by atoms with Crippen LogP contribution < -0.4 is 15.5 Å². The molecule has 2 aromatic carbocycles. The number of carboxylic acids is 1. The van der Waals surface area contributed by atoms with E-state index in [1.165, 1.54) is 19.3 Å². The number of benzene rings is 2. The van der Waals surface area contributed by atoms with Gasteiger partial charge in [-0.3, -0.25) is 0 Å². The number of hydrogen-bond donors (Lipinski definition) is 3. The van der Waals surface area contributed by atoms with Gasteiger partial charge >= 0.3 is 12.0 Å². The molecule has 3 N–H and O–H groups in total. The van der Waals surface area contributed by atoms with E-state index in [9.17, 15) is 14.7 Å². The van der Waals surface area contributed by atoms with Crippen molar-refractivity contribution in [3.05, 3.63) is 72.1 Å². The van der Waals surface area contributed by atoms with Crippen LogP contribution >= 0.6 is 0 Å². The van der Waals surface area contributed by atoms with Gasteiger partial charge in [-0.05, 0) is 73.4 Å². The molecule has 1 aromatic heterocycles. The van der Waals surface area contributed by atoms with E-state index in [0.29, 0.717) is 34.6 Å². The van der Waals surface area contributed by atoms with Gasteiger partial charge in [0.25, 0.3) is 0 Å². The number of nitriles is 1. The molecule has 1 aliphatic carbocycles. The summed E-state index contributed by atoms with van der Waals surface area (Å²) >= 11 is 0. The molecule has 0 aliphatic heterocycles. The van der Waals surface area contributed by atoms with Crippen LogP contribution in [0.15, 0.2) is 60.8 Å². The summed E-state index contributed by atoms with van der Waals surface area (Å²) in [4.78, 5) is 27.2. The SMILES string of the molecule is CC(C)CN(c1ccc(-n2cccc2C(=O)O)cc1NC(=O)Nc1ccc(C#N)cc1)C1CCCCC1. The van der Waals surface area contributed by atoms with E-state index in [1.807, 2.05) is 18.2 Å². The summed E-state index contributed by atoms with van der Waals surface area (Å²) in [6.45, 7) is 5.22. The fraction of sp³-hybridized carbons (Fsp3) is 0.345. The fourth-order valence-electron chi connectivity index (χ4n) is 4.95. The van der Waals surface area contributed by atoms with E-state index in [1.54, 1.807) is 47.2 Å². The number of aromatic carboxylic acids is 1. The smallest absolute Gasteiger partial charge is 0.352 e. The second kappa shape index (κ2) is 11.7. The van der Waals surface area contributed by atoms with Crippen LogP contribution in [0.3, 0.4) is 0 Å². The zero-order valence-electron chi connectivity index (χ0n) is 21.3. The maximum Gasteiger partial charge on any atom is 0.352 e. The number of urea groups is 1. The van der Waals surface area contributed by atoms with Gasteiger partial charge < -0.3 is 25.2 Å². The zero-order chi connectivity index (χ0) is 26.4. The number of nitrogens with zero attached hydrogens (tertiary/aromatic N) is 3. The van der Waals surface area contributed by atoms with Crippen molar-refractivity contribution in [2.24, 2.45) is 5.92 Å². The predicted octanol–water partition coefficient (Wildman–Crippen LogP) is 6.49. The molecule has 4 rings (SSSR count). The van der Waals surface area contributed by atoms with Crippen molar-refractivity contribution >= 4 is 29.1 Å². The van der Waals surface area contributed by atoms with E-state index in [-0.39, 0.29) is 5.69 Å². The first-order valence-corrected chi connectivity index (χ1v) is 12.8. The lowest BCUT2D eigenvalue weighted by Gasteiger charge is -2.38. The van der Waals surface area contributed by atoms with Gasteiger partial charge in [-0.1, -0.05) is 33.1 Å². The quantitative estimate of drug-likeness (QED) is 0.328. The van der Waals surface area contributed by atoms with Crippen molar-refractivity contribution in [3.63, 3.8) is 0 Å². The van der Waals surface area contributed by atoms with Crippen LogP contribution in [-0.4, -0.2) is 34.3 Å². The first kappa shape index (κ1) is 25.8. The Balaban J connectivity index is 1.70. The third-order valence-corrected chi connectivity index (χ3v) is 6.63. The van der Waals surface area contributed by atoms with Gasteiger partial charge in [0.2, 0.25) is 0 Å². The van der Waals surface area contributed by atoms with E-state index in [4.69, 9.17) is 5.26 Å². The Hall–Kier alpha value is -4.25. The summed E-state index contributed by atoms with van der Waals surface area (Å²) in [7, 11) is 0. The number of carbonyl (C=O) groups is 2. The Bertz CT molecular complexity index is 1280. The third-order valence-electron chi connectivity index (χ3n) is 6.63. The van der Waals surface area contributed by atoms with Crippen molar-refractivity contribution < 1.29 is 14.7 Å². The van der Waals surface area contributed by atoms with Crippen LogP contribution in [-0.2, 0) is 0 Å². The average molecular weight is 500 g/mol. The molecule has 1 saturated carbocycles. The molecule has 0 unspecified atom stereocenters. The molecule has 1 heterocycles. The summed E-state index contributed by atoms with van der Waals surface area (Å²) in [6.07, 6.45) is 7.52. The molecular formula is C29H33N5O3. The topological polar surface area (TPSA) is 110 Å². The first-order chi connectivity index (χ1) is 17.9. The van der Waals surface area contributed by atoms with E-state index < -0.39 is 12.0 Å². The lowest BCUT2D eigenvalue weighted by molar-refractivity contribution is 0.0688. The number of amides is 2. The summed E-state index contributed by atoms with van der Waals surface area (Å²) in [5, 5.41) is 24.5. The standard InChI is InChI=1S/C29H33N5O3/c1-20(2)19-34(23-7-4-3-5-8-23)26-15-14-24(33-16-6-9-27(33)28(35)36)17-25(26)32-29(37)31-22-12-10-21(18-30)11-13-22/h6,9-17,20,23H,3-5,7-8,19H2,1-2H3,(H,35,36)(H2,31,32,37). The Morgan fingerprint density at radius 3 is 2.46 bits per heavy atom. The molecule has 0 radical (unpaired) electrons. The maximum atomic E-state index is 13.1. The minimum atomic E-state index is -1.02.